The minimum absolute atomic E-state index is 0.0685. The molecule has 1 aromatic carbocycles. The summed E-state index contributed by atoms with van der Waals surface area (Å²) in [5.41, 5.74) is 2.27. The smallest absolute Gasteiger partial charge is 0.409 e. The first-order valence-electron chi connectivity index (χ1n) is 8.17. The molecule has 5 nitrogen and oxygen atoms in total. The molecule has 0 spiro atoms. The zero-order valence-corrected chi connectivity index (χ0v) is 14.7. The number of hydrogen-bond donors (Lipinski definition) is 0. The summed E-state index contributed by atoms with van der Waals surface area (Å²) in [5.74, 6) is 0.0685. The highest BCUT2D eigenvalue weighted by molar-refractivity contribution is 5.75. The van der Waals surface area contributed by atoms with Crippen LogP contribution < -0.4 is 0 Å². The fraction of sp³-hybridized carbons (Fsp3) is 0.556. The Morgan fingerprint density at radius 2 is 1.52 bits per heavy atom. The highest BCUT2D eigenvalue weighted by Crippen LogP contribution is 2.08. The number of amides is 2. The van der Waals surface area contributed by atoms with Crippen LogP contribution in [0.5, 0.6) is 0 Å². The Kier molecular flexibility index (Phi) is 8.16. The van der Waals surface area contributed by atoms with Crippen molar-refractivity contribution in [2.45, 2.75) is 39.7 Å². The second kappa shape index (κ2) is 9.87. The van der Waals surface area contributed by atoms with Gasteiger partial charge in [-0.15, -0.1) is 0 Å². The summed E-state index contributed by atoms with van der Waals surface area (Å²) in [7, 11) is 3.42. The molecule has 0 bridgehead atoms. The fourth-order valence-corrected chi connectivity index (χ4v) is 2.13. The standard InChI is InChI=1S/C18H28N2O3/c1-5-7-15-8-10-16(11-9-15)14-23-18(22)20(4)13-12-19(3)17(21)6-2/h8-11H,5-7,12-14H2,1-4H3. The number of ether oxygens (including phenoxy) is 1. The monoisotopic (exact) mass is 320 g/mol. The van der Waals surface area contributed by atoms with Crippen molar-refractivity contribution in [1.82, 2.24) is 9.80 Å². The molecule has 2 amide bonds. The maximum Gasteiger partial charge on any atom is 0.409 e. The molecule has 0 atom stereocenters. The molecule has 0 aliphatic carbocycles. The molecule has 0 radical (unpaired) electrons. The number of rotatable bonds is 8. The number of carbonyl (C=O) groups excluding carboxylic acids is 2. The van der Waals surface area contributed by atoms with Crippen molar-refractivity contribution in [3.8, 4) is 0 Å². The second-order valence-electron chi connectivity index (χ2n) is 5.71. The molecule has 5 heteroatoms. The second-order valence-corrected chi connectivity index (χ2v) is 5.71. The van der Waals surface area contributed by atoms with Crippen LogP contribution >= 0.6 is 0 Å². The molecule has 0 aliphatic rings. The largest absolute Gasteiger partial charge is 0.445 e. The van der Waals surface area contributed by atoms with Gasteiger partial charge in [-0.05, 0) is 17.5 Å². The molecule has 0 heterocycles. The van der Waals surface area contributed by atoms with Crippen molar-refractivity contribution in [3.05, 3.63) is 35.4 Å². The van der Waals surface area contributed by atoms with E-state index in [1.165, 1.54) is 10.5 Å². The van der Waals surface area contributed by atoms with Gasteiger partial charge in [0.25, 0.3) is 0 Å². The molecular weight excluding hydrogens is 292 g/mol. The van der Waals surface area contributed by atoms with Gasteiger partial charge < -0.3 is 14.5 Å². The third kappa shape index (κ3) is 6.72. The van der Waals surface area contributed by atoms with Crippen molar-refractivity contribution in [2.24, 2.45) is 0 Å². The van der Waals surface area contributed by atoms with Gasteiger partial charge in [0.1, 0.15) is 6.61 Å². The minimum atomic E-state index is -0.375. The summed E-state index contributed by atoms with van der Waals surface area (Å²) >= 11 is 0. The summed E-state index contributed by atoms with van der Waals surface area (Å²) in [6.45, 7) is 5.19. The van der Waals surface area contributed by atoms with E-state index in [0.717, 1.165) is 18.4 Å². The lowest BCUT2D eigenvalue weighted by atomic mass is 10.1. The zero-order chi connectivity index (χ0) is 17.2. The van der Waals surface area contributed by atoms with E-state index in [1.54, 1.807) is 19.0 Å². The Balaban J connectivity index is 2.36. The van der Waals surface area contributed by atoms with Gasteiger partial charge in [0.15, 0.2) is 0 Å². The third-order valence-corrected chi connectivity index (χ3v) is 3.73. The maximum absolute atomic E-state index is 11.9. The average Bonchev–Trinajstić information content (AvgIpc) is 2.57. The Morgan fingerprint density at radius 1 is 0.957 bits per heavy atom. The molecule has 128 valence electrons. The Labute approximate surface area is 139 Å². The van der Waals surface area contributed by atoms with Gasteiger partial charge >= 0.3 is 6.09 Å². The van der Waals surface area contributed by atoms with Crippen molar-refractivity contribution >= 4 is 12.0 Å². The number of benzene rings is 1. The summed E-state index contributed by atoms with van der Waals surface area (Å²) in [4.78, 5) is 26.5. The van der Waals surface area contributed by atoms with Crippen LogP contribution in [0.1, 0.15) is 37.8 Å². The van der Waals surface area contributed by atoms with Gasteiger partial charge in [-0.25, -0.2) is 4.79 Å². The first kappa shape index (κ1) is 19.0. The van der Waals surface area contributed by atoms with Crippen molar-refractivity contribution < 1.29 is 14.3 Å². The van der Waals surface area contributed by atoms with Crippen LogP contribution in [-0.4, -0.2) is 49.0 Å². The van der Waals surface area contributed by atoms with Crippen LogP contribution in [0.2, 0.25) is 0 Å². The highest BCUT2D eigenvalue weighted by Gasteiger charge is 2.12. The predicted molar refractivity (Wildman–Crippen MR) is 91.2 cm³/mol. The van der Waals surface area contributed by atoms with Crippen LogP contribution in [0, 0.1) is 0 Å². The van der Waals surface area contributed by atoms with E-state index in [9.17, 15) is 9.59 Å². The van der Waals surface area contributed by atoms with E-state index in [1.807, 2.05) is 19.1 Å². The Bertz CT molecular complexity index is 499. The lowest BCUT2D eigenvalue weighted by Gasteiger charge is -2.21. The van der Waals surface area contributed by atoms with Crippen LogP contribution in [0.4, 0.5) is 4.79 Å². The van der Waals surface area contributed by atoms with Gasteiger partial charge in [-0.3, -0.25) is 4.79 Å². The molecule has 0 aliphatic heterocycles. The molecular formula is C18H28N2O3. The quantitative estimate of drug-likeness (QED) is 0.739. The normalized spacial score (nSPS) is 10.3. The van der Waals surface area contributed by atoms with Gasteiger partial charge in [-0.2, -0.15) is 0 Å². The Morgan fingerprint density at radius 3 is 2.09 bits per heavy atom. The van der Waals surface area contributed by atoms with Gasteiger partial charge in [0, 0.05) is 33.6 Å². The number of nitrogens with zero attached hydrogens (tertiary/aromatic N) is 2. The number of aryl methyl sites for hydroxylation is 1. The van der Waals surface area contributed by atoms with E-state index in [-0.39, 0.29) is 18.6 Å². The molecule has 0 saturated heterocycles. The SMILES string of the molecule is CCCc1ccc(COC(=O)N(C)CCN(C)C(=O)CC)cc1. The lowest BCUT2D eigenvalue weighted by molar-refractivity contribution is -0.129. The van der Waals surface area contributed by atoms with Gasteiger partial charge in [-0.1, -0.05) is 44.5 Å². The number of carbonyl (C=O) groups is 2. The van der Waals surface area contributed by atoms with Crippen molar-refractivity contribution in [3.63, 3.8) is 0 Å². The molecule has 23 heavy (non-hydrogen) atoms. The molecule has 1 aromatic rings. The van der Waals surface area contributed by atoms with E-state index in [2.05, 4.69) is 19.1 Å². The van der Waals surface area contributed by atoms with Gasteiger partial charge in [0.05, 0.1) is 0 Å². The summed E-state index contributed by atoms with van der Waals surface area (Å²) in [5, 5.41) is 0. The van der Waals surface area contributed by atoms with E-state index >= 15 is 0 Å². The van der Waals surface area contributed by atoms with Crippen LogP contribution in [0.15, 0.2) is 24.3 Å². The first-order valence-corrected chi connectivity index (χ1v) is 8.17. The van der Waals surface area contributed by atoms with E-state index in [4.69, 9.17) is 4.74 Å². The highest BCUT2D eigenvalue weighted by atomic mass is 16.6. The minimum Gasteiger partial charge on any atom is -0.445 e. The average molecular weight is 320 g/mol. The topological polar surface area (TPSA) is 49.9 Å². The lowest BCUT2D eigenvalue weighted by Crippen LogP contribution is -2.37. The third-order valence-electron chi connectivity index (χ3n) is 3.73. The molecule has 0 unspecified atom stereocenters. The molecule has 0 N–H and O–H groups in total. The molecule has 0 fully saturated rings. The van der Waals surface area contributed by atoms with E-state index < -0.39 is 0 Å². The predicted octanol–water partition coefficient (Wildman–Crippen LogP) is 3.08. The molecule has 1 rings (SSSR count). The summed E-state index contributed by atoms with van der Waals surface area (Å²) in [6.07, 6.45) is 2.28. The maximum atomic E-state index is 11.9. The zero-order valence-electron chi connectivity index (χ0n) is 14.7. The number of likely N-dealkylation sites (N-methyl/N-ethyl adjacent to an activating group) is 2. The van der Waals surface area contributed by atoms with Crippen LogP contribution in [0.3, 0.4) is 0 Å². The number of hydrogen-bond acceptors (Lipinski definition) is 3. The van der Waals surface area contributed by atoms with E-state index in [0.29, 0.717) is 19.5 Å². The summed E-state index contributed by atoms with van der Waals surface area (Å²) in [6, 6.07) is 8.13. The van der Waals surface area contributed by atoms with Crippen molar-refractivity contribution in [1.29, 1.82) is 0 Å². The van der Waals surface area contributed by atoms with Crippen LogP contribution in [0.25, 0.3) is 0 Å². The van der Waals surface area contributed by atoms with Crippen molar-refractivity contribution in [2.75, 3.05) is 27.2 Å². The summed E-state index contributed by atoms with van der Waals surface area (Å²) < 4.78 is 5.29. The fourth-order valence-electron chi connectivity index (χ4n) is 2.13. The van der Waals surface area contributed by atoms with Gasteiger partial charge in [0.2, 0.25) is 5.91 Å². The molecule has 0 aromatic heterocycles. The Hall–Kier alpha value is -2.04. The first-order chi connectivity index (χ1) is 11.0. The molecule has 0 saturated carbocycles. The van der Waals surface area contributed by atoms with Crippen LogP contribution in [-0.2, 0) is 22.6 Å².